The SMILES string of the molecule is CCOc1ccc(Br)cc1S(=O)(=O)NCCOc1ccc(F)cc1. The van der Waals surface area contributed by atoms with E-state index in [1.54, 1.807) is 19.1 Å². The van der Waals surface area contributed by atoms with Crippen molar-refractivity contribution >= 4 is 26.0 Å². The van der Waals surface area contributed by atoms with Gasteiger partial charge in [-0.3, -0.25) is 0 Å². The minimum absolute atomic E-state index is 0.0560. The van der Waals surface area contributed by atoms with Gasteiger partial charge in [0.1, 0.15) is 28.8 Å². The van der Waals surface area contributed by atoms with Crippen molar-refractivity contribution in [3.05, 3.63) is 52.8 Å². The summed E-state index contributed by atoms with van der Waals surface area (Å²) in [6.45, 7) is 2.32. The van der Waals surface area contributed by atoms with E-state index in [4.69, 9.17) is 9.47 Å². The number of nitrogens with one attached hydrogen (secondary N) is 1. The zero-order chi connectivity index (χ0) is 17.6. The summed E-state index contributed by atoms with van der Waals surface area (Å²) in [5.41, 5.74) is 0. The van der Waals surface area contributed by atoms with Crippen LogP contribution in [0.15, 0.2) is 51.8 Å². The molecule has 0 heterocycles. The van der Waals surface area contributed by atoms with Crippen LogP contribution in [0.25, 0.3) is 0 Å². The van der Waals surface area contributed by atoms with Gasteiger partial charge in [0, 0.05) is 11.0 Å². The molecular formula is C16H17BrFNO4S. The highest BCUT2D eigenvalue weighted by Gasteiger charge is 2.19. The Balaban J connectivity index is 1.98. The van der Waals surface area contributed by atoms with Crippen LogP contribution in [-0.2, 0) is 10.0 Å². The Morgan fingerprint density at radius 1 is 1.12 bits per heavy atom. The summed E-state index contributed by atoms with van der Waals surface area (Å²) < 4.78 is 51.4. The molecule has 0 bridgehead atoms. The first-order chi connectivity index (χ1) is 11.4. The molecule has 0 unspecified atom stereocenters. The molecule has 0 aliphatic rings. The average molecular weight is 418 g/mol. The van der Waals surface area contributed by atoms with Gasteiger partial charge in [-0.1, -0.05) is 15.9 Å². The highest BCUT2D eigenvalue weighted by molar-refractivity contribution is 9.10. The minimum Gasteiger partial charge on any atom is -0.492 e. The molecule has 0 radical (unpaired) electrons. The fraction of sp³-hybridized carbons (Fsp3) is 0.250. The molecule has 0 saturated carbocycles. The van der Waals surface area contributed by atoms with Gasteiger partial charge >= 0.3 is 0 Å². The molecule has 130 valence electrons. The Labute approximate surface area is 149 Å². The van der Waals surface area contributed by atoms with Gasteiger partial charge in [0.2, 0.25) is 10.0 Å². The lowest BCUT2D eigenvalue weighted by atomic mass is 10.3. The smallest absolute Gasteiger partial charge is 0.244 e. The van der Waals surface area contributed by atoms with Gasteiger partial charge in [0.15, 0.2) is 0 Å². The Bertz CT molecular complexity index is 781. The molecule has 5 nitrogen and oxygen atoms in total. The van der Waals surface area contributed by atoms with Gasteiger partial charge in [-0.25, -0.2) is 17.5 Å². The summed E-state index contributed by atoms with van der Waals surface area (Å²) in [6.07, 6.45) is 0. The van der Waals surface area contributed by atoms with E-state index in [1.807, 2.05) is 0 Å². The van der Waals surface area contributed by atoms with E-state index in [-0.39, 0.29) is 29.6 Å². The van der Waals surface area contributed by atoms with E-state index >= 15 is 0 Å². The van der Waals surface area contributed by atoms with E-state index in [9.17, 15) is 12.8 Å². The molecule has 0 aliphatic carbocycles. The molecule has 0 aliphatic heterocycles. The summed E-state index contributed by atoms with van der Waals surface area (Å²) >= 11 is 3.26. The molecule has 0 atom stereocenters. The number of hydrogen-bond donors (Lipinski definition) is 1. The van der Waals surface area contributed by atoms with E-state index in [1.165, 1.54) is 30.3 Å². The third kappa shape index (κ3) is 5.19. The van der Waals surface area contributed by atoms with E-state index in [0.717, 1.165) is 0 Å². The topological polar surface area (TPSA) is 64.6 Å². The Kier molecular flexibility index (Phi) is 6.59. The fourth-order valence-electron chi connectivity index (χ4n) is 1.92. The standard InChI is InChI=1S/C16H17BrFNO4S/c1-2-22-15-8-3-12(17)11-16(15)24(20,21)19-9-10-23-14-6-4-13(18)5-7-14/h3-8,11,19H,2,9-10H2,1H3. The predicted molar refractivity (Wildman–Crippen MR) is 92.4 cm³/mol. The van der Waals surface area contributed by atoms with Crippen LogP contribution in [0, 0.1) is 5.82 Å². The number of benzene rings is 2. The zero-order valence-electron chi connectivity index (χ0n) is 13.0. The third-order valence-corrected chi connectivity index (χ3v) is 4.95. The molecule has 8 heteroatoms. The molecule has 0 spiro atoms. The summed E-state index contributed by atoms with van der Waals surface area (Å²) in [6, 6.07) is 10.3. The maximum absolute atomic E-state index is 12.8. The molecule has 0 saturated heterocycles. The second kappa shape index (κ2) is 8.46. The van der Waals surface area contributed by atoms with Gasteiger partial charge in [0.25, 0.3) is 0 Å². The lowest BCUT2D eigenvalue weighted by molar-refractivity contribution is 0.321. The largest absolute Gasteiger partial charge is 0.492 e. The number of ether oxygens (including phenoxy) is 2. The zero-order valence-corrected chi connectivity index (χ0v) is 15.4. The molecular weight excluding hydrogens is 401 g/mol. The molecule has 2 rings (SSSR count). The molecule has 2 aromatic rings. The Hall–Kier alpha value is -1.64. The van der Waals surface area contributed by atoms with Crippen molar-refractivity contribution in [2.24, 2.45) is 0 Å². The van der Waals surface area contributed by atoms with E-state index in [0.29, 0.717) is 16.8 Å². The van der Waals surface area contributed by atoms with Crippen molar-refractivity contribution in [2.75, 3.05) is 19.8 Å². The highest BCUT2D eigenvalue weighted by atomic mass is 79.9. The van der Waals surface area contributed by atoms with Crippen molar-refractivity contribution in [1.82, 2.24) is 4.72 Å². The number of halogens is 2. The first kappa shape index (κ1) is 18.7. The Morgan fingerprint density at radius 3 is 2.50 bits per heavy atom. The van der Waals surface area contributed by atoms with Crippen LogP contribution in [0.3, 0.4) is 0 Å². The van der Waals surface area contributed by atoms with Crippen LogP contribution in [0.1, 0.15) is 6.92 Å². The van der Waals surface area contributed by atoms with Crippen molar-refractivity contribution in [2.45, 2.75) is 11.8 Å². The summed E-state index contributed by atoms with van der Waals surface area (Å²) in [5, 5.41) is 0. The minimum atomic E-state index is -3.74. The quantitative estimate of drug-likeness (QED) is 0.668. The second-order valence-corrected chi connectivity index (χ2v) is 7.38. The van der Waals surface area contributed by atoms with Crippen LogP contribution >= 0.6 is 15.9 Å². The van der Waals surface area contributed by atoms with E-state index in [2.05, 4.69) is 20.7 Å². The highest BCUT2D eigenvalue weighted by Crippen LogP contribution is 2.27. The van der Waals surface area contributed by atoms with E-state index < -0.39 is 10.0 Å². The summed E-state index contributed by atoms with van der Waals surface area (Å²) in [4.78, 5) is 0.0560. The normalized spacial score (nSPS) is 11.3. The lowest BCUT2D eigenvalue weighted by Crippen LogP contribution is -2.28. The molecule has 2 aromatic carbocycles. The summed E-state index contributed by atoms with van der Waals surface area (Å²) in [7, 11) is -3.74. The van der Waals surface area contributed by atoms with Crippen LogP contribution in [0.5, 0.6) is 11.5 Å². The van der Waals surface area contributed by atoms with Crippen molar-refractivity contribution < 1.29 is 22.3 Å². The maximum atomic E-state index is 12.8. The van der Waals surface area contributed by atoms with Gasteiger partial charge < -0.3 is 9.47 Å². The van der Waals surface area contributed by atoms with Crippen molar-refractivity contribution in [3.63, 3.8) is 0 Å². The molecule has 24 heavy (non-hydrogen) atoms. The summed E-state index contributed by atoms with van der Waals surface area (Å²) in [5.74, 6) is 0.391. The van der Waals surface area contributed by atoms with Gasteiger partial charge in [-0.05, 0) is 49.4 Å². The monoisotopic (exact) mass is 417 g/mol. The maximum Gasteiger partial charge on any atom is 0.244 e. The lowest BCUT2D eigenvalue weighted by Gasteiger charge is -2.12. The predicted octanol–water partition coefficient (Wildman–Crippen LogP) is 3.34. The van der Waals surface area contributed by atoms with Gasteiger partial charge in [-0.15, -0.1) is 0 Å². The average Bonchev–Trinajstić information content (AvgIpc) is 2.55. The van der Waals surface area contributed by atoms with Crippen LogP contribution < -0.4 is 14.2 Å². The van der Waals surface area contributed by atoms with Gasteiger partial charge in [0.05, 0.1) is 6.61 Å². The molecule has 0 aromatic heterocycles. The fourth-order valence-corrected chi connectivity index (χ4v) is 3.61. The van der Waals surface area contributed by atoms with Crippen LogP contribution in [0.2, 0.25) is 0 Å². The van der Waals surface area contributed by atoms with Gasteiger partial charge in [-0.2, -0.15) is 0 Å². The Morgan fingerprint density at radius 2 is 1.83 bits per heavy atom. The second-order valence-electron chi connectivity index (χ2n) is 4.72. The molecule has 0 amide bonds. The molecule has 1 N–H and O–H groups in total. The third-order valence-electron chi connectivity index (χ3n) is 2.97. The first-order valence-corrected chi connectivity index (χ1v) is 9.50. The number of rotatable bonds is 8. The van der Waals surface area contributed by atoms with Crippen LogP contribution in [0.4, 0.5) is 4.39 Å². The van der Waals surface area contributed by atoms with Crippen molar-refractivity contribution in [3.8, 4) is 11.5 Å². The molecule has 0 fully saturated rings. The number of hydrogen-bond acceptors (Lipinski definition) is 4. The van der Waals surface area contributed by atoms with Crippen LogP contribution in [-0.4, -0.2) is 28.2 Å². The first-order valence-electron chi connectivity index (χ1n) is 7.23. The van der Waals surface area contributed by atoms with Crippen molar-refractivity contribution in [1.29, 1.82) is 0 Å². The number of sulfonamides is 1.